The Labute approximate surface area is 132 Å². The van der Waals surface area contributed by atoms with Crippen LogP contribution in [0.2, 0.25) is 5.02 Å². The van der Waals surface area contributed by atoms with Crippen molar-refractivity contribution < 1.29 is 5.11 Å². The first kappa shape index (κ1) is 16.6. The first-order valence-electron chi connectivity index (χ1n) is 7.57. The lowest BCUT2D eigenvalue weighted by Gasteiger charge is -2.37. The second kappa shape index (κ2) is 7.45. The fourth-order valence-corrected chi connectivity index (χ4v) is 2.90. The van der Waals surface area contributed by atoms with E-state index in [4.69, 9.17) is 11.6 Å². The van der Waals surface area contributed by atoms with Crippen LogP contribution in [-0.2, 0) is 0 Å². The van der Waals surface area contributed by atoms with Crippen LogP contribution in [0.3, 0.4) is 0 Å². The van der Waals surface area contributed by atoms with Crippen molar-refractivity contribution >= 4 is 17.3 Å². The van der Waals surface area contributed by atoms with Crippen LogP contribution in [-0.4, -0.2) is 68.3 Å². The van der Waals surface area contributed by atoms with Gasteiger partial charge < -0.3 is 14.9 Å². The minimum Gasteiger partial charge on any atom is -0.389 e. The van der Waals surface area contributed by atoms with Crippen molar-refractivity contribution in [1.82, 2.24) is 9.80 Å². The predicted octanol–water partition coefficient (Wildman–Crippen LogP) is 2.08. The van der Waals surface area contributed by atoms with Crippen LogP contribution in [0.25, 0.3) is 0 Å². The molecule has 1 N–H and O–H groups in total. The van der Waals surface area contributed by atoms with Crippen molar-refractivity contribution in [3.05, 3.63) is 28.8 Å². The second-order valence-corrected chi connectivity index (χ2v) is 6.43. The maximum Gasteiger partial charge on any atom is 0.0762 e. The molecule has 0 unspecified atom stereocenters. The van der Waals surface area contributed by atoms with E-state index in [1.165, 1.54) is 0 Å². The van der Waals surface area contributed by atoms with Gasteiger partial charge in [-0.1, -0.05) is 17.7 Å². The fourth-order valence-electron chi connectivity index (χ4n) is 2.59. The number of rotatable bonds is 5. The zero-order chi connectivity index (χ0) is 15.4. The molecule has 1 aromatic rings. The van der Waals surface area contributed by atoms with Crippen LogP contribution in [0.1, 0.15) is 18.6 Å². The molecule has 2 rings (SSSR count). The first-order chi connectivity index (χ1) is 9.97. The van der Waals surface area contributed by atoms with Crippen molar-refractivity contribution in [2.24, 2.45) is 0 Å². The quantitative estimate of drug-likeness (QED) is 0.902. The average Bonchev–Trinajstić information content (AvgIpc) is 2.45. The molecule has 1 aliphatic rings. The van der Waals surface area contributed by atoms with E-state index in [9.17, 15) is 5.11 Å². The van der Waals surface area contributed by atoms with Gasteiger partial charge in [0, 0.05) is 39.3 Å². The van der Waals surface area contributed by atoms with Gasteiger partial charge in [0.1, 0.15) is 0 Å². The summed E-state index contributed by atoms with van der Waals surface area (Å²) in [5.74, 6) is 0. The van der Waals surface area contributed by atoms with Gasteiger partial charge >= 0.3 is 0 Å². The van der Waals surface area contributed by atoms with E-state index in [-0.39, 0.29) is 0 Å². The Morgan fingerprint density at radius 2 is 1.90 bits per heavy atom. The van der Waals surface area contributed by atoms with Gasteiger partial charge in [0.25, 0.3) is 0 Å². The summed E-state index contributed by atoms with van der Waals surface area (Å²) >= 11 is 6.37. The van der Waals surface area contributed by atoms with Crippen molar-refractivity contribution in [1.29, 1.82) is 0 Å². The maximum absolute atomic E-state index is 9.61. The summed E-state index contributed by atoms with van der Waals surface area (Å²) in [5, 5.41) is 10.3. The molecule has 1 fully saturated rings. The van der Waals surface area contributed by atoms with E-state index in [1.54, 1.807) is 6.92 Å². The van der Waals surface area contributed by atoms with E-state index < -0.39 is 6.10 Å². The van der Waals surface area contributed by atoms with Crippen molar-refractivity contribution in [3.8, 4) is 0 Å². The monoisotopic (exact) mass is 311 g/mol. The van der Waals surface area contributed by atoms with Gasteiger partial charge in [0.15, 0.2) is 0 Å². The molecule has 0 spiro atoms. The number of piperazine rings is 1. The highest BCUT2D eigenvalue weighted by atomic mass is 35.5. The Kier molecular flexibility index (Phi) is 5.88. The molecule has 4 nitrogen and oxygen atoms in total. The number of hydrogen-bond donors (Lipinski definition) is 1. The zero-order valence-electron chi connectivity index (χ0n) is 13.2. The van der Waals surface area contributed by atoms with Crippen molar-refractivity contribution in [2.75, 3.05) is 58.3 Å². The highest BCUT2D eigenvalue weighted by Gasteiger charge is 2.19. The van der Waals surface area contributed by atoms with E-state index in [2.05, 4.69) is 28.8 Å². The number of benzene rings is 1. The van der Waals surface area contributed by atoms with Crippen molar-refractivity contribution in [2.45, 2.75) is 13.0 Å². The molecule has 1 saturated heterocycles. The van der Waals surface area contributed by atoms with E-state index in [0.29, 0.717) is 0 Å². The maximum atomic E-state index is 9.61. The molecule has 0 bridgehead atoms. The van der Waals surface area contributed by atoms with Gasteiger partial charge in [-0.2, -0.15) is 0 Å². The largest absolute Gasteiger partial charge is 0.389 e. The number of anilines is 1. The molecule has 0 aromatic heterocycles. The van der Waals surface area contributed by atoms with Crippen LogP contribution < -0.4 is 4.90 Å². The van der Waals surface area contributed by atoms with Crippen LogP contribution in [0.4, 0.5) is 5.69 Å². The Balaban J connectivity index is 1.93. The van der Waals surface area contributed by atoms with E-state index in [0.717, 1.165) is 55.5 Å². The smallest absolute Gasteiger partial charge is 0.0762 e. The van der Waals surface area contributed by atoms with Crippen LogP contribution >= 0.6 is 11.6 Å². The molecule has 118 valence electrons. The number of nitrogens with zero attached hydrogens (tertiary/aromatic N) is 3. The summed E-state index contributed by atoms with van der Waals surface area (Å²) in [6.07, 6.45) is -0.473. The normalized spacial score (nSPS) is 18.3. The van der Waals surface area contributed by atoms with Gasteiger partial charge in [-0.05, 0) is 38.7 Å². The fraction of sp³-hybridized carbons (Fsp3) is 0.625. The predicted molar refractivity (Wildman–Crippen MR) is 89.3 cm³/mol. The summed E-state index contributed by atoms with van der Waals surface area (Å²) in [6.45, 7) is 8.13. The Bertz CT molecular complexity index is 457. The molecule has 5 heteroatoms. The Morgan fingerprint density at radius 3 is 2.43 bits per heavy atom. The van der Waals surface area contributed by atoms with E-state index in [1.807, 2.05) is 18.2 Å². The standard InChI is InChI=1S/C16H26ClN3O/c1-13(21)14-4-5-16(15(17)12-14)20-10-8-19(9-11-20)7-6-18(2)3/h4-5,12-13,21H,6-11H2,1-3H3/t13-/m1/s1. The van der Waals surface area contributed by atoms with Gasteiger partial charge in [-0.15, -0.1) is 0 Å². The molecular weight excluding hydrogens is 286 g/mol. The summed E-state index contributed by atoms with van der Waals surface area (Å²) in [5.41, 5.74) is 1.95. The van der Waals surface area contributed by atoms with E-state index >= 15 is 0 Å². The van der Waals surface area contributed by atoms with Crippen LogP contribution in [0, 0.1) is 0 Å². The minimum atomic E-state index is -0.473. The van der Waals surface area contributed by atoms with Gasteiger partial charge in [-0.25, -0.2) is 0 Å². The Morgan fingerprint density at radius 1 is 1.24 bits per heavy atom. The number of aliphatic hydroxyl groups is 1. The molecule has 1 aliphatic heterocycles. The van der Waals surface area contributed by atoms with Gasteiger partial charge in [0.05, 0.1) is 16.8 Å². The number of aliphatic hydroxyl groups excluding tert-OH is 1. The summed E-state index contributed by atoms with van der Waals surface area (Å²) < 4.78 is 0. The topological polar surface area (TPSA) is 30.0 Å². The van der Waals surface area contributed by atoms with Gasteiger partial charge in [-0.3, -0.25) is 4.90 Å². The zero-order valence-corrected chi connectivity index (χ0v) is 14.0. The second-order valence-electron chi connectivity index (χ2n) is 6.02. The average molecular weight is 312 g/mol. The highest BCUT2D eigenvalue weighted by Crippen LogP contribution is 2.29. The lowest BCUT2D eigenvalue weighted by Crippen LogP contribution is -2.48. The molecule has 1 heterocycles. The molecule has 0 radical (unpaired) electrons. The van der Waals surface area contributed by atoms with Gasteiger partial charge in [0.2, 0.25) is 0 Å². The molecular formula is C16H26ClN3O. The molecule has 0 amide bonds. The van der Waals surface area contributed by atoms with Crippen LogP contribution in [0.5, 0.6) is 0 Å². The van der Waals surface area contributed by atoms with Crippen molar-refractivity contribution in [3.63, 3.8) is 0 Å². The summed E-state index contributed by atoms with van der Waals surface area (Å²) in [7, 11) is 4.22. The lowest BCUT2D eigenvalue weighted by atomic mass is 10.1. The van der Waals surface area contributed by atoms with Crippen LogP contribution in [0.15, 0.2) is 18.2 Å². The minimum absolute atomic E-state index is 0.473. The highest BCUT2D eigenvalue weighted by molar-refractivity contribution is 6.33. The molecule has 1 atom stereocenters. The molecule has 21 heavy (non-hydrogen) atoms. The SMILES string of the molecule is C[C@@H](O)c1ccc(N2CCN(CCN(C)C)CC2)c(Cl)c1. The first-order valence-corrected chi connectivity index (χ1v) is 7.94. The number of halogens is 1. The third-order valence-corrected chi connectivity index (χ3v) is 4.33. The number of hydrogen-bond acceptors (Lipinski definition) is 4. The summed E-state index contributed by atoms with van der Waals surface area (Å²) in [4.78, 5) is 7.05. The molecule has 1 aromatic carbocycles. The molecule has 0 aliphatic carbocycles. The number of likely N-dealkylation sites (N-methyl/N-ethyl adjacent to an activating group) is 1. The Hall–Kier alpha value is -0.810. The third-order valence-electron chi connectivity index (χ3n) is 4.03. The molecule has 0 saturated carbocycles. The third kappa shape index (κ3) is 4.58. The lowest BCUT2D eigenvalue weighted by molar-refractivity contribution is 0.199. The summed E-state index contributed by atoms with van der Waals surface area (Å²) in [6, 6.07) is 5.87.